The predicted octanol–water partition coefficient (Wildman–Crippen LogP) is 5.95. The van der Waals surface area contributed by atoms with Crippen LogP contribution in [0.3, 0.4) is 0 Å². The van der Waals surface area contributed by atoms with Crippen LogP contribution in [-0.2, 0) is 4.74 Å². The molecule has 5 heteroatoms. The third-order valence-electron chi connectivity index (χ3n) is 5.29. The van der Waals surface area contributed by atoms with Crippen molar-refractivity contribution >= 4 is 28.5 Å². The van der Waals surface area contributed by atoms with Gasteiger partial charge in [-0.05, 0) is 50.6 Å². The van der Waals surface area contributed by atoms with Gasteiger partial charge in [-0.25, -0.2) is 9.78 Å². The van der Waals surface area contributed by atoms with Gasteiger partial charge in [0.1, 0.15) is 0 Å². The summed E-state index contributed by atoms with van der Waals surface area (Å²) in [7, 11) is 0. The van der Waals surface area contributed by atoms with Crippen molar-refractivity contribution in [3.63, 3.8) is 0 Å². The number of nitrogens with one attached hydrogen (secondary N) is 1. The molecule has 0 saturated heterocycles. The molecule has 4 aromatic rings. The van der Waals surface area contributed by atoms with E-state index in [-0.39, 0.29) is 12.5 Å². The fourth-order valence-corrected chi connectivity index (χ4v) is 3.77. The number of benzene rings is 3. The first-order valence-corrected chi connectivity index (χ1v) is 10.5. The minimum Gasteiger partial charge on any atom is -0.462 e. The number of hydrogen-bond donors (Lipinski definition) is 1. The van der Waals surface area contributed by atoms with E-state index in [4.69, 9.17) is 9.72 Å². The number of anilines is 1. The molecule has 0 aliphatic heterocycles. The zero-order chi connectivity index (χ0) is 22.7. The lowest BCUT2D eigenvalue weighted by Crippen LogP contribution is -2.16. The lowest BCUT2D eigenvalue weighted by Gasteiger charge is -2.14. The van der Waals surface area contributed by atoms with Gasteiger partial charge in [0.05, 0.1) is 34.6 Å². The van der Waals surface area contributed by atoms with Gasteiger partial charge in [0.25, 0.3) is 5.91 Å². The fraction of sp³-hybridized carbons (Fsp3) is 0.148. The van der Waals surface area contributed by atoms with Gasteiger partial charge in [0, 0.05) is 10.9 Å². The number of hydrogen-bond acceptors (Lipinski definition) is 4. The molecule has 0 radical (unpaired) electrons. The highest BCUT2D eigenvalue weighted by Gasteiger charge is 2.18. The Morgan fingerprint density at radius 2 is 1.66 bits per heavy atom. The Morgan fingerprint density at radius 1 is 0.906 bits per heavy atom. The highest BCUT2D eigenvalue weighted by Crippen LogP contribution is 2.28. The third-order valence-corrected chi connectivity index (χ3v) is 5.29. The van der Waals surface area contributed by atoms with Crippen molar-refractivity contribution in [3.8, 4) is 11.3 Å². The lowest BCUT2D eigenvalue weighted by atomic mass is 9.99. The minimum absolute atomic E-state index is 0.259. The van der Waals surface area contributed by atoms with Crippen LogP contribution in [0.25, 0.3) is 22.2 Å². The summed E-state index contributed by atoms with van der Waals surface area (Å²) >= 11 is 0. The van der Waals surface area contributed by atoms with E-state index in [0.717, 1.165) is 27.7 Å². The van der Waals surface area contributed by atoms with Crippen molar-refractivity contribution in [2.24, 2.45) is 0 Å². The number of rotatable bonds is 5. The molecular weight excluding hydrogens is 400 g/mol. The van der Waals surface area contributed by atoms with E-state index in [2.05, 4.69) is 11.4 Å². The molecule has 0 aliphatic carbocycles. The van der Waals surface area contributed by atoms with E-state index in [1.54, 1.807) is 31.2 Å². The molecule has 32 heavy (non-hydrogen) atoms. The largest absolute Gasteiger partial charge is 0.462 e. The van der Waals surface area contributed by atoms with Crippen molar-refractivity contribution in [2.45, 2.75) is 20.8 Å². The smallest absolute Gasteiger partial charge is 0.340 e. The Bertz CT molecular complexity index is 1330. The van der Waals surface area contributed by atoms with Crippen molar-refractivity contribution in [1.82, 2.24) is 4.98 Å². The van der Waals surface area contributed by atoms with E-state index in [1.165, 1.54) is 5.56 Å². The van der Waals surface area contributed by atoms with Crippen LogP contribution >= 0.6 is 0 Å². The van der Waals surface area contributed by atoms with Gasteiger partial charge in [0.15, 0.2) is 0 Å². The number of aryl methyl sites for hydroxylation is 2. The van der Waals surface area contributed by atoms with Crippen molar-refractivity contribution in [2.75, 3.05) is 11.9 Å². The van der Waals surface area contributed by atoms with Gasteiger partial charge in [-0.1, -0.05) is 54.1 Å². The van der Waals surface area contributed by atoms with Crippen molar-refractivity contribution in [3.05, 3.63) is 95.1 Å². The van der Waals surface area contributed by atoms with Gasteiger partial charge in [-0.2, -0.15) is 0 Å². The second-order valence-corrected chi connectivity index (χ2v) is 7.61. The highest BCUT2D eigenvalue weighted by molar-refractivity contribution is 6.14. The molecule has 0 atom stereocenters. The van der Waals surface area contributed by atoms with Crippen LogP contribution in [-0.4, -0.2) is 23.5 Å². The standard InChI is InChI=1S/C27H24N2O3/c1-4-32-27(31)21-10-6-8-12-24(21)29-26(30)22-16-25(19-14-13-17(2)15-18(19)3)28-23-11-7-5-9-20(22)23/h5-16H,4H2,1-3H3,(H,29,30). The zero-order valence-electron chi connectivity index (χ0n) is 18.3. The van der Waals surface area contributed by atoms with Gasteiger partial charge < -0.3 is 10.1 Å². The van der Waals surface area contributed by atoms with E-state index in [9.17, 15) is 9.59 Å². The summed E-state index contributed by atoms with van der Waals surface area (Å²) in [5.74, 6) is -0.787. The maximum Gasteiger partial charge on any atom is 0.340 e. The molecule has 0 aliphatic rings. The molecular formula is C27H24N2O3. The molecule has 1 aromatic heterocycles. The average Bonchev–Trinajstić information content (AvgIpc) is 2.79. The first kappa shape index (κ1) is 21.2. The Morgan fingerprint density at radius 3 is 2.44 bits per heavy atom. The van der Waals surface area contributed by atoms with E-state index >= 15 is 0 Å². The van der Waals surface area contributed by atoms with Crippen molar-refractivity contribution in [1.29, 1.82) is 0 Å². The number of aromatic nitrogens is 1. The highest BCUT2D eigenvalue weighted by atomic mass is 16.5. The Hall–Kier alpha value is -3.99. The molecule has 0 fully saturated rings. The molecule has 3 aromatic carbocycles. The molecule has 160 valence electrons. The molecule has 0 bridgehead atoms. The summed E-state index contributed by atoms with van der Waals surface area (Å²) in [6.07, 6.45) is 0. The van der Waals surface area contributed by atoms with Crippen LogP contribution in [0.5, 0.6) is 0 Å². The molecule has 0 saturated carbocycles. The molecule has 4 rings (SSSR count). The van der Waals surface area contributed by atoms with Gasteiger partial charge >= 0.3 is 5.97 Å². The maximum absolute atomic E-state index is 13.4. The first-order valence-electron chi connectivity index (χ1n) is 10.5. The number of fused-ring (bicyclic) bond motifs is 1. The van der Waals surface area contributed by atoms with E-state index in [0.29, 0.717) is 16.8 Å². The van der Waals surface area contributed by atoms with Crippen LogP contribution in [0, 0.1) is 13.8 Å². The molecule has 1 amide bonds. The number of nitrogens with zero attached hydrogens (tertiary/aromatic N) is 1. The van der Waals surface area contributed by atoms with Crippen LogP contribution in [0.1, 0.15) is 38.8 Å². The van der Waals surface area contributed by atoms with Crippen LogP contribution < -0.4 is 5.32 Å². The summed E-state index contributed by atoms with van der Waals surface area (Å²) in [4.78, 5) is 30.5. The zero-order valence-corrected chi connectivity index (χ0v) is 18.3. The molecule has 5 nitrogen and oxygen atoms in total. The SMILES string of the molecule is CCOC(=O)c1ccccc1NC(=O)c1cc(-c2ccc(C)cc2C)nc2ccccc12. The molecule has 1 N–H and O–H groups in total. The number of para-hydroxylation sites is 2. The summed E-state index contributed by atoms with van der Waals surface area (Å²) < 4.78 is 5.13. The summed E-state index contributed by atoms with van der Waals surface area (Å²) in [5.41, 5.74) is 5.90. The number of carbonyl (C=O) groups excluding carboxylic acids is 2. The number of pyridine rings is 1. The number of carbonyl (C=O) groups is 2. The Balaban J connectivity index is 1.79. The first-order chi connectivity index (χ1) is 15.5. The van der Waals surface area contributed by atoms with Gasteiger partial charge in [0.2, 0.25) is 0 Å². The van der Waals surface area contributed by atoms with E-state index < -0.39 is 5.97 Å². The second kappa shape index (κ2) is 9.02. The third kappa shape index (κ3) is 4.23. The summed E-state index contributed by atoms with van der Waals surface area (Å²) in [6, 6.07) is 22.4. The quantitative estimate of drug-likeness (QED) is 0.402. The topological polar surface area (TPSA) is 68.3 Å². The predicted molar refractivity (Wildman–Crippen MR) is 127 cm³/mol. The fourth-order valence-electron chi connectivity index (χ4n) is 3.77. The van der Waals surface area contributed by atoms with Crippen LogP contribution in [0.4, 0.5) is 5.69 Å². The second-order valence-electron chi connectivity index (χ2n) is 7.61. The normalized spacial score (nSPS) is 10.7. The number of ether oxygens (including phenoxy) is 1. The van der Waals surface area contributed by atoms with Crippen LogP contribution in [0.15, 0.2) is 72.8 Å². The Kier molecular flexibility index (Phi) is 5.99. The minimum atomic E-state index is -0.473. The number of esters is 1. The Labute approximate surface area is 187 Å². The lowest BCUT2D eigenvalue weighted by molar-refractivity contribution is 0.0527. The van der Waals surface area contributed by atoms with Gasteiger partial charge in [-0.15, -0.1) is 0 Å². The van der Waals surface area contributed by atoms with Crippen LogP contribution in [0.2, 0.25) is 0 Å². The molecule has 0 unspecified atom stereocenters. The monoisotopic (exact) mass is 424 g/mol. The average molecular weight is 425 g/mol. The summed E-state index contributed by atoms with van der Waals surface area (Å²) in [5, 5.41) is 3.64. The van der Waals surface area contributed by atoms with E-state index in [1.807, 2.05) is 56.3 Å². The number of amides is 1. The molecule has 0 spiro atoms. The van der Waals surface area contributed by atoms with Gasteiger partial charge in [-0.3, -0.25) is 4.79 Å². The summed E-state index contributed by atoms with van der Waals surface area (Å²) in [6.45, 7) is 6.09. The maximum atomic E-state index is 13.4. The van der Waals surface area contributed by atoms with Crippen molar-refractivity contribution < 1.29 is 14.3 Å². The molecule has 1 heterocycles.